The molecule has 0 fully saturated rings. The molecule has 1 aromatic heterocycles. The lowest BCUT2D eigenvalue weighted by Gasteiger charge is -2.29. The Hall–Kier alpha value is -4.01. The molecule has 1 unspecified atom stereocenters. The van der Waals surface area contributed by atoms with Crippen molar-refractivity contribution < 1.29 is 0 Å². The molecule has 0 N–H and O–H groups in total. The van der Waals surface area contributed by atoms with Gasteiger partial charge in [-0.2, -0.15) is 0 Å². The van der Waals surface area contributed by atoms with Gasteiger partial charge in [0.2, 0.25) is 0 Å². The average Bonchev–Trinajstić information content (AvgIpc) is 2.98. The van der Waals surface area contributed by atoms with Crippen LogP contribution in [-0.2, 0) is 6.42 Å². The Morgan fingerprint density at radius 2 is 1.41 bits per heavy atom. The number of hydrogen-bond donors (Lipinski definition) is 0. The number of halogens is 1. The number of hydrogen-bond acceptors (Lipinski definition) is 2. The number of fused-ring (bicyclic) bond motifs is 5. The minimum atomic E-state index is 0.404. The van der Waals surface area contributed by atoms with Crippen LogP contribution < -0.4 is 0 Å². The van der Waals surface area contributed by atoms with E-state index in [-0.39, 0.29) is 0 Å². The van der Waals surface area contributed by atoms with E-state index in [1.807, 2.05) is 12.1 Å². The van der Waals surface area contributed by atoms with Gasteiger partial charge in [0.15, 0.2) is 0 Å². The highest BCUT2D eigenvalue weighted by atomic mass is 35.5. The molecule has 1 aliphatic carbocycles. The second-order valence-corrected chi connectivity index (χ2v) is 10.9. The SMILES string of the molecule is Cc1cc(C)c2ccc3c4c(cc(-c5ccccc5)c3c2c1)CCCC4c1ccc(Cl)cc1.c1cnccn1. The molecule has 0 amide bonds. The maximum atomic E-state index is 6.23. The smallest absolute Gasteiger partial charge is 0.0451 e. The zero-order valence-corrected chi connectivity index (χ0v) is 23.1. The minimum Gasteiger partial charge on any atom is -0.262 e. The summed E-state index contributed by atoms with van der Waals surface area (Å²) < 4.78 is 0. The maximum absolute atomic E-state index is 6.23. The first-order valence-corrected chi connectivity index (χ1v) is 14.0. The zero-order valence-electron chi connectivity index (χ0n) is 22.4. The van der Waals surface area contributed by atoms with Gasteiger partial charge < -0.3 is 0 Å². The first-order valence-electron chi connectivity index (χ1n) is 13.6. The lowest BCUT2D eigenvalue weighted by atomic mass is 9.74. The van der Waals surface area contributed by atoms with Gasteiger partial charge in [-0.25, -0.2) is 0 Å². The minimum absolute atomic E-state index is 0.404. The molecule has 39 heavy (non-hydrogen) atoms. The van der Waals surface area contributed by atoms with E-state index in [2.05, 4.69) is 96.6 Å². The van der Waals surface area contributed by atoms with Gasteiger partial charge in [0.25, 0.3) is 0 Å². The normalized spacial score (nSPS) is 14.5. The molecule has 7 rings (SSSR count). The molecule has 0 radical (unpaired) electrons. The quantitative estimate of drug-likeness (QED) is 0.210. The van der Waals surface area contributed by atoms with Crippen LogP contribution in [0.15, 0.2) is 110 Å². The van der Waals surface area contributed by atoms with Crippen LogP contribution in [0.3, 0.4) is 0 Å². The zero-order chi connectivity index (χ0) is 26.8. The topological polar surface area (TPSA) is 25.8 Å². The monoisotopic (exact) mass is 526 g/mol. The third-order valence-corrected chi connectivity index (χ3v) is 8.08. The summed E-state index contributed by atoms with van der Waals surface area (Å²) in [5, 5.41) is 6.32. The molecule has 1 atom stereocenters. The third kappa shape index (κ3) is 5.05. The van der Waals surface area contributed by atoms with Gasteiger partial charge in [0.05, 0.1) is 0 Å². The van der Waals surface area contributed by atoms with Crippen LogP contribution in [0.5, 0.6) is 0 Å². The van der Waals surface area contributed by atoms with Gasteiger partial charge in [0, 0.05) is 35.7 Å². The summed E-state index contributed by atoms with van der Waals surface area (Å²) in [7, 11) is 0. The second kappa shape index (κ2) is 11.0. The fourth-order valence-electron chi connectivity index (χ4n) is 6.20. The predicted octanol–water partition coefficient (Wildman–Crippen LogP) is 9.88. The summed E-state index contributed by atoms with van der Waals surface area (Å²) in [6.45, 7) is 4.45. The van der Waals surface area contributed by atoms with Crippen LogP contribution in [-0.4, -0.2) is 9.97 Å². The van der Waals surface area contributed by atoms with Gasteiger partial charge in [0.1, 0.15) is 0 Å². The molecular weight excluding hydrogens is 496 g/mol. The second-order valence-electron chi connectivity index (χ2n) is 10.4. The summed E-state index contributed by atoms with van der Waals surface area (Å²) in [6, 6.07) is 31.3. The lowest BCUT2D eigenvalue weighted by Crippen LogP contribution is -2.12. The van der Waals surface area contributed by atoms with Crippen molar-refractivity contribution >= 4 is 33.1 Å². The molecule has 3 heteroatoms. The van der Waals surface area contributed by atoms with Gasteiger partial charge in [-0.15, -0.1) is 0 Å². The van der Waals surface area contributed by atoms with Crippen LogP contribution >= 0.6 is 11.6 Å². The Labute approximate surface area is 235 Å². The molecule has 6 aromatic rings. The first kappa shape index (κ1) is 25.3. The highest BCUT2D eigenvalue weighted by Gasteiger charge is 2.26. The van der Waals surface area contributed by atoms with Crippen LogP contribution in [0.4, 0.5) is 0 Å². The van der Waals surface area contributed by atoms with Crippen molar-refractivity contribution in [2.75, 3.05) is 0 Å². The Balaban J connectivity index is 0.000000410. The third-order valence-electron chi connectivity index (χ3n) is 7.83. The highest BCUT2D eigenvalue weighted by Crippen LogP contribution is 2.46. The van der Waals surface area contributed by atoms with Gasteiger partial charge >= 0.3 is 0 Å². The maximum Gasteiger partial charge on any atom is 0.0451 e. The number of aryl methyl sites for hydroxylation is 3. The number of aromatic nitrogens is 2. The molecule has 0 aliphatic heterocycles. The number of rotatable bonds is 2. The summed E-state index contributed by atoms with van der Waals surface area (Å²) in [6.07, 6.45) is 10.1. The van der Waals surface area contributed by atoms with Gasteiger partial charge in [-0.3, -0.25) is 9.97 Å². The van der Waals surface area contributed by atoms with Crippen molar-refractivity contribution in [2.45, 2.75) is 39.0 Å². The van der Waals surface area contributed by atoms with E-state index < -0.39 is 0 Å². The standard InChI is InChI=1S/C32H27Cl.C4H4N2/c1-20-17-21(2)26-15-16-28-31-24(9-6-10-27(31)23-11-13-25(33)14-12-23)19-29(32(28)30(26)18-20)22-7-4-3-5-8-22;1-2-6-4-3-5-1/h3-5,7-8,11-19,27H,6,9-10H2,1-2H3;1-4H. The molecule has 5 aromatic carbocycles. The van der Waals surface area contributed by atoms with Crippen molar-refractivity contribution in [1.82, 2.24) is 9.97 Å². The van der Waals surface area contributed by atoms with E-state index in [0.717, 1.165) is 11.4 Å². The molecule has 2 nitrogen and oxygen atoms in total. The van der Waals surface area contributed by atoms with Crippen molar-refractivity contribution in [3.8, 4) is 11.1 Å². The Morgan fingerprint density at radius 3 is 2.10 bits per heavy atom. The first-order chi connectivity index (χ1) is 19.1. The molecule has 1 aliphatic rings. The van der Waals surface area contributed by atoms with E-state index in [1.54, 1.807) is 24.8 Å². The van der Waals surface area contributed by atoms with Crippen LogP contribution in [0.1, 0.15) is 46.6 Å². The predicted molar refractivity (Wildman–Crippen MR) is 165 cm³/mol. The van der Waals surface area contributed by atoms with Crippen molar-refractivity contribution in [3.05, 3.63) is 143 Å². The molecule has 1 heterocycles. The molecule has 0 saturated heterocycles. The number of nitrogens with zero attached hydrogens (tertiary/aromatic N) is 2. The summed E-state index contributed by atoms with van der Waals surface area (Å²) in [4.78, 5) is 7.44. The number of benzene rings is 5. The summed E-state index contributed by atoms with van der Waals surface area (Å²) >= 11 is 6.23. The van der Waals surface area contributed by atoms with E-state index in [4.69, 9.17) is 11.6 Å². The highest BCUT2D eigenvalue weighted by molar-refractivity contribution is 6.30. The van der Waals surface area contributed by atoms with Crippen LogP contribution in [0.2, 0.25) is 5.02 Å². The molecular formula is C36H31ClN2. The van der Waals surface area contributed by atoms with Gasteiger partial charge in [-0.1, -0.05) is 90.0 Å². The van der Waals surface area contributed by atoms with Crippen molar-refractivity contribution in [1.29, 1.82) is 0 Å². The van der Waals surface area contributed by atoms with Crippen LogP contribution in [0.25, 0.3) is 32.7 Å². The van der Waals surface area contributed by atoms with Crippen molar-refractivity contribution in [2.24, 2.45) is 0 Å². The van der Waals surface area contributed by atoms with E-state index in [9.17, 15) is 0 Å². The van der Waals surface area contributed by atoms with E-state index in [1.165, 1.54) is 73.3 Å². The molecule has 192 valence electrons. The van der Waals surface area contributed by atoms with E-state index in [0.29, 0.717) is 5.92 Å². The lowest BCUT2D eigenvalue weighted by molar-refractivity contribution is 0.620. The Bertz CT molecular complexity index is 1720. The van der Waals surface area contributed by atoms with Crippen molar-refractivity contribution in [3.63, 3.8) is 0 Å². The van der Waals surface area contributed by atoms with Gasteiger partial charge in [-0.05, 0) is 100 Å². The van der Waals surface area contributed by atoms with Crippen LogP contribution in [0, 0.1) is 13.8 Å². The Kier molecular flexibility index (Phi) is 7.13. The fourth-order valence-corrected chi connectivity index (χ4v) is 6.33. The molecule has 0 spiro atoms. The fraction of sp³-hybridized carbons (Fsp3) is 0.167. The van der Waals surface area contributed by atoms with E-state index >= 15 is 0 Å². The Morgan fingerprint density at radius 1 is 0.718 bits per heavy atom. The summed E-state index contributed by atoms with van der Waals surface area (Å²) in [5.74, 6) is 0.404. The summed E-state index contributed by atoms with van der Waals surface area (Å²) in [5.41, 5.74) is 9.70. The molecule has 0 bridgehead atoms. The largest absolute Gasteiger partial charge is 0.262 e. The molecule has 0 saturated carbocycles. The average molecular weight is 527 g/mol.